The topological polar surface area (TPSA) is 208 Å². The Kier molecular flexibility index (Phi) is 5.96. The molecule has 0 unspecified atom stereocenters. The second-order valence-electron chi connectivity index (χ2n) is 8.48. The van der Waals surface area contributed by atoms with Crippen molar-refractivity contribution >= 4 is 29.2 Å². The molecule has 0 spiro atoms. The minimum atomic E-state index is -0.0637. The van der Waals surface area contributed by atoms with Gasteiger partial charge in [0, 0.05) is 62.1 Å². The van der Waals surface area contributed by atoms with Crippen molar-refractivity contribution in [3.63, 3.8) is 0 Å². The lowest BCUT2D eigenvalue weighted by Gasteiger charge is -2.37. The van der Waals surface area contributed by atoms with Crippen molar-refractivity contribution in [2.45, 2.75) is 37.0 Å². The predicted molar refractivity (Wildman–Crippen MR) is 121 cm³/mol. The van der Waals surface area contributed by atoms with Gasteiger partial charge in [0.2, 0.25) is 17.8 Å². The third-order valence-electron chi connectivity index (χ3n) is 5.49. The third-order valence-corrected chi connectivity index (χ3v) is 5.49. The van der Waals surface area contributed by atoms with Gasteiger partial charge in [-0.05, 0) is 25.0 Å². The van der Waals surface area contributed by atoms with Crippen molar-refractivity contribution in [2.75, 3.05) is 47.0 Å². The van der Waals surface area contributed by atoms with E-state index in [4.69, 9.17) is 28.7 Å². The number of hydrogen-bond acceptors (Lipinski definition) is 12. The van der Waals surface area contributed by atoms with Gasteiger partial charge in [-0.15, -0.1) is 0 Å². The lowest BCUT2D eigenvalue weighted by atomic mass is 10.0. The molecule has 2 aliphatic heterocycles. The third kappa shape index (κ3) is 5.05. The van der Waals surface area contributed by atoms with E-state index in [9.17, 15) is 5.11 Å². The van der Waals surface area contributed by atoms with Crippen LogP contribution in [0.15, 0.2) is 18.2 Å². The van der Waals surface area contributed by atoms with Crippen LogP contribution in [-0.4, -0.2) is 70.4 Å². The van der Waals surface area contributed by atoms with Crippen molar-refractivity contribution in [1.29, 1.82) is 0 Å². The number of nitrogens with two attached hydrogens (primary N) is 5. The molecule has 0 amide bonds. The monoisotopic (exact) mass is 429 g/mol. The first-order valence-corrected chi connectivity index (χ1v) is 10.4. The molecule has 12 N–H and O–H groups in total. The van der Waals surface area contributed by atoms with Crippen LogP contribution in [0.1, 0.15) is 12.8 Å². The summed E-state index contributed by atoms with van der Waals surface area (Å²) in [6, 6.07) is 4.59. The molecule has 2 fully saturated rings. The number of hydrogen-bond donors (Lipinski definition) is 7. The Labute approximate surface area is 180 Å². The Morgan fingerprint density at radius 2 is 1.29 bits per heavy atom. The number of rotatable bonds is 4. The van der Waals surface area contributed by atoms with Crippen LogP contribution < -0.4 is 43.8 Å². The number of nitrogen functional groups attached to an aromatic ring is 1. The number of piperidine rings is 2. The van der Waals surface area contributed by atoms with E-state index >= 15 is 0 Å². The molecular weight excluding hydrogens is 398 g/mol. The molecule has 2 aromatic rings. The molecule has 12 nitrogen and oxygen atoms in total. The Balaban J connectivity index is 1.68. The maximum Gasteiger partial charge on any atom is 0.233 e. The number of nitrogens with one attached hydrogen (secondary N) is 1. The standard InChI is InChI=1S/C19H31N11O/c20-10-3-11(21)7-29(6-10)18-26-17(25-14-1-2-15(24)16(31)5-14)27-19(28-18)30-8-12(22)4-13(23)9-30/h1-2,5,10-13,31H,3-4,6-9,20-24H2,(H,25,26,27,28)/t10-,11+,12-,13+. The predicted octanol–water partition coefficient (Wildman–Crippen LogP) is -1.37. The second-order valence-corrected chi connectivity index (χ2v) is 8.48. The Bertz CT molecular complexity index is 861. The molecule has 4 rings (SSSR count). The number of benzene rings is 1. The van der Waals surface area contributed by atoms with Crippen LogP contribution in [0, 0.1) is 0 Å². The van der Waals surface area contributed by atoms with E-state index in [2.05, 4.69) is 20.3 Å². The van der Waals surface area contributed by atoms with Gasteiger partial charge < -0.3 is 48.9 Å². The lowest BCUT2D eigenvalue weighted by Crippen LogP contribution is -2.54. The van der Waals surface area contributed by atoms with Gasteiger partial charge in [0.05, 0.1) is 5.69 Å². The molecule has 0 radical (unpaired) electrons. The molecule has 12 heteroatoms. The quantitative estimate of drug-likeness (QED) is 0.222. The molecule has 0 bridgehead atoms. The second kappa shape index (κ2) is 8.67. The smallest absolute Gasteiger partial charge is 0.233 e. The van der Waals surface area contributed by atoms with Crippen molar-refractivity contribution in [2.24, 2.45) is 22.9 Å². The first kappa shape index (κ1) is 21.3. The molecule has 2 aliphatic rings. The van der Waals surface area contributed by atoms with E-state index in [1.807, 2.05) is 9.80 Å². The SMILES string of the molecule is Nc1ccc(Nc2nc(N3C[C@H](N)C[C@H](N)C3)nc(N3C[C@H](N)C[C@H](N)C3)n2)cc1O. The summed E-state index contributed by atoms with van der Waals surface area (Å²) in [5.41, 5.74) is 31.3. The van der Waals surface area contributed by atoms with Crippen molar-refractivity contribution in [3.8, 4) is 5.75 Å². The van der Waals surface area contributed by atoms with Gasteiger partial charge >= 0.3 is 0 Å². The number of aromatic nitrogens is 3. The summed E-state index contributed by atoms with van der Waals surface area (Å²) in [7, 11) is 0. The van der Waals surface area contributed by atoms with Gasteiger partial charge in [-0.1, -0.05) is 0 Å². The number of aromatic hydroxyl groups is 1. The normalized spacial score (nSPS) is 26.7. The molecule has 4 atom stereocenters. The van der Waals surface area contributed by atoms with E-state index < -0.39 is 0 Å². The number of phenolic OH excluding ortho intramolecular Hbond substituents is 1. The van der Waals surface area contributed by atoms with E-state index in [0.717, 1.165) is 12.8 Å². The Morgan fingerprint density at radius 1 is 0.806 bits per heavy atom. The minimum Gasteiger partial charge on any atom is -0.506 e. The number of phenols is 1. The van der Waals surface area contributed by atoms with Crippen LogP contribution in [0.3, 0.4) is 0 Å². The molecular formula is C19H31N11O. The van der Waals surface area contributed by atoms with Gasteiger partial charge in [0.1, 0.15) is 5.75 Å². The molecule has 3 heterocycles. The fraction of sp³-hybridized carbons (Fsp3) is 0.526. The molecule has 2 saturated heterocycles. The highest BCUT2D eigenvalue weighted by Crippen LogP contribution is 2.27. The van der Waals surface area contributed by atoms with Crippen LogP contribution in [0.25, 0.3) is 0 Å². The molecule has 0 saturated carbocycles. The fourth-order valence-corrected chi connectivity index (χ4v) is 4.13. The Morgan fingerprint density at radius 3 is 1.74 bits per heavy atom. The lowest BCUT2D eigenvalue weighted by molar-refractivity contribution is 0.441. The summed E-state index contributed by atoms with van der Waals surface area (Å²) in [5, 5.41) is 13.0. The molecule has 0 aliphatic carbocycles. The maximum absolute atomic E-state index is 9.92. The van der Waals surface area contributed by atoms with Gasteiger partial charge in [-0.2, -0.15) is 15.0 Å². The van der Waals surface area contributed by atoms with Gasteiger partial charge in [-0.3, -0.25) is 0 Å². The highest BCUT2D eigenvalue weighted by molar-refractivity contribution is 5.64. The summed E-state index contributed by atoms with van der Waals surface area (Å²) in [5.74, 6) is 1.25. The highest BCUT2D eigenvalue weighted by atomic mass is 16.3. The Hall–Kier alpha value is -2.93. The van der Waals surface area contributed by atoms with Gasteiger partial charge in [0.25, 0.3) is 0 Å². The summed E-state index contributed by atoms with van der Waals surface area (Å²) in [6.07, 6.45) is 1.50. The minimum absolute atomic E-state index is 0.0274. The first-order chi connectivity index (χ1) is 14.8. The van der Waals surface area contributed by atoms with E-state index in [-0.39, 0.29) is 35.6 Å². The highest BCUT2D eigenvalue weighted by Gasteiger charge is 2.28. The zero-order valence-electron chi connectivity index (χ0n) is 17.4. The average molecular weight is 430 g/mol. The largest absolute Gasteiger partial charge is 0.506 e. The zero-order valence-corrected chi connectivity index (χ0v) is 17.4. The molecule has 168 valence electrons. The fourth-order valence-electron chi connectivity index (χ4n) is 4.13. The zero-order chi connectivity index (χ0) is 22.1. The summed E-state index contributed by atoms with van der Waals surface area (Å²) < 4.78 is 0. The summed E-state index contributed by atoms with van der Waals surface area (Å²) in [4.78, 5) is 17.8. The summed E-state index contributed by atoms with van der Waals surface area (Å²) in [6.45, 7) is 2.38. The van der Waals surface area contributed by atoms with Crippen molar-refractivity contribution < 1.29 is 5.11 Å². The number of anilines is 5. The first-order valence-electron chi connectivity index (χ1n) is 10.4. The van der Waals surface area contributed by atoms with Crippen LogP contribution in [-0.2, 0) is 0 Å². The van der Waals surface area contributed by atoms with Crippen LogP contribution in [0.2, 0.25) is 0 Å². The van der Waals surface area contributed by atoms with Crippen LogP contribution in [0.4, 0.5) is 29.2 Å². The van der Waals surface area contributed by atoms with Crippen molar-refractivity contribution in [3.05, 3.63) is 18.2 Å². The van der Waals surface area contributed by atoms with E-state index in [1.54, 1.807) is 12.1 Å². The number of nitrogens with zero attached hydrogens (tertiary/aromatic N) is 5. The van der Waals surface area contributed by atoms with E-state index in [1.165, 1.54) is 6.07 Å². The average Bonchev–Trinajstić information content (AvgIpc) is 2.69. The maximum atomic E-state index is 9.92. The van der Waals surface area contributed by atoms with Gasteiger partial charge in [0.15, 0.2) is 0 Å². The molecule has 1 aromatic heterocycles. The van der Waals surface area contributed by atoms with Crippen molar-refractivity contribution in [1.82, 2.24) is 15.0 Å². The van der Waals surface area contributed by atoms with E-state index in [0.29, 0.717) is 49.7 Å². The van der Waals surface area contributed by atoms with Gasteiger partial charge in [-0.25, -0.2) is 0 Å². The molecule has 31 heavy (non-hydrogen) atoms. The summed E-state index contributed by atoms with van der Waals surface area (Å²) >= 11 is 0. The van der Waals surface area contributed by atoms with Crippen LogP contribution >= 0.6 is 0 Å². The molecule has 1 aromatic carbocycles. The van der Waals surface area contributed by atoms with Crippen LogP contribution in [0.5, 0.6) is 5.75 Å².